The van der Waals surface area contributed by atoms with Crippen molar-refractivity contribution in [2.45, 2.75) is 32.5 Å². The highest BCUT2D eigenvalue weighted by atomic mass is 16.5. The van der Waals surface area contributed by atoms with Crippen molar-refractivity contribution in [3.05, 3.63) is 42.7 Å². The van der Waals surface area contributed by atoms with Gasteiger partial charge in [-0.2, -0.15) is 5.10 Å². The van der Waals surface area contributed by atoms with Crippen molar-refractivity contribution in [3.8, 4) is 11.5 Å². The van der Waals surface area contributed by atoms with Gasteiger partial charge in [0.2, 0.25) is 0 Å². The van der Waals surface area contributed by atoms with Crippen molar-refractivity contribution < 1.29 is 14.6 Å². The second-order valence-electron chi connectivity index (χ2n) is 5.62. The largest absolute Gasteiger partial charge is 0.492 e. The summed E-state index contributed by atoms with van der Waals surface area (Å²) in [6, 6.07) is 9.63. The second kappa shape index (κ2) is 9.17. The summed E-state index contributed by atoms with van der Waals surface area (Å²) in [6.45, 7) is 6.13. The lowest BCUT2D eigenvalue weighted by Gasteiger charge is -2.15. The van der Waals surface area contributed by atoms with Gasteiger partial charge in [0.05, 0.1) is 6.54 Å². The molecule has 0 radical (unpaired) electrons. The van der Waals surface area contributed by atoms with Crippen molar-refractivity contribution in [2.24, 2.45) is 0 Å². The Balaban J connectivity index is 1.67. The zero-order valence-corrected chi connectivity index (χ0v) is 13.7. The molecule has 6 heteroatoms. The third-order valence-electron chi connectivity index (χ3n) is 3.18. The molecule has 0 amide bonds. The molecule has 0 aliphatic heterocycles. The standard InChI is InChI=1S/C17H25N3O3/c1-14(2)18-12-15(21)13-23-17-6-4-16(5-7-17)22-11-10-20-9-3-8-19-20/h3-9,14-15,18,21H,10-13H2,1-2H3. The molecule has 0 saturated heterocycles. The topological polar surface area (TPSA) is 68.5 Å². The SMILES string of the molecule is CC(C)NCC(O)COc1ccc(OCCn2cccn2)cc1. The number of rotatable bonds is 10. The average Bonchev–Trinajstić information content (AvgIpc) is 3.05. The van der Waals surface area contributed by atoms with E-state index in [0.717, 1.165) is 5.75 Å². The fourth-order valence-electron chi connectivity index (χ4n) is 1.94. The molecule has 0 aliphatic carbocycles. The van der Waals surface area contributed by atoms with Crippen LogP contribution in [0.1, 0.15) is 13.8 Å². The van der Waals surface area contributed by atoms with Gasteiger partial charge in [-0.05, 0) is 30.3 Å². The fourth-order valence-corrected chi connectivity index (χ4v) is 1.94. The maximum Gasteiger partial charge on any atom is 0.119 e. The minimum Gasteiger partial charge on any atom is -0.492 e. The zero-order chi connectivity index (χ0) is 16.5. The summed E-state index contributed by atoms with van der Waals surface area (Å²) in [6.07, 6.45) is 3.12. The Morgan fingerprint density at radius 3 is 2.48 bits per heavy atom. The summed E-state index contributed by atoms with van der Waals surface area (Å²) in [7, 11) is 0. The van der Waals surface area contributed by atoms with Gasteiger partial charge in [-0.25, -0.2) is 0 Å². The van der Waals surface area contributed by atoms with Crippen molar-refractivity contribution in [1.82, 2.24) is 15.1 Å². The summed E-state index contributed by atoms with van der Waals surface area (Å²) in [5, 5.41) is 17.1. The maximum absolute atomic E-state index is 9.80. The van der Waals surface area contributed by atoms with Crippen LogP contribution >= 0.6 is 0 Å². The lowest BCUT2D eigenvalue weighted by molar-refractivity contribution is 0.104. The number of nitrogens with zero attached hydrogens (tertiary/aromatic N) is 2. The number of hydrogen-bond donors (Lipinski definition) is 2. The van der Waals surface area contributed by atoms with Gasteiger partial charge in [-0.15, -0.1) is 0 Å². The zero-order valence-electron chi connectivity index (χ0n) is 13.7. The molecule has 0 aliphatic rings. The van der Waals surface area contributed by atoms with Crippen molar-refractivity contribution >= 4 is 0 Å². The predicted octanol–water partition coefficient (Wildman–Crippen LogP) is 1.70. The Hall–Kier alpha value is -2.05. The molecule has 2 aromatic rings. The molecule has 2 rings (SSSR count). The number of benzene rings is 1. The highest BCUT2D eigenvalue weighted by molar-refractivity contribution is 5.31. The van der Waals surface area contributed by atoms with Gasteiger partial charge >= 0.3 is 0 Å². The van der Waals surface area contributed by atoms with Crippen LogP contribution in [-0.2, 0) is 6.54 Å². The lowest BCUT2D eigenvalue weighted by Crippen LogP contribution is -2.35. The first kappa shape index (κ1) is 17.3. The van der Waals surface area contributed by atoms with E-state index in [0.29, 0.717) is 31.5 Å². The number of aliphatic hydroxyl groups excluding tert-OH is 1. The van der Waals surface area contributed by atoms with Gasteiger partial charge in [0.25, 0.3) is 0 Å². The van der Waals surface area contributed by atoms with Gasteiger partial charge < -0.3 is 19.9 Å². The van der Waals surface area contributed by atoms with Gasteiger partial charge in [0.15, 0.2) is 0 Å². The van der Waals surface area contributed by atoms with Crippen LogP contribution in [0.25, 0.3) is 0 Å². The Labute approximate surface area is 137 Å². The molecule has 0 spiro atoms. The first-order chi connectivity index (χ1) is 11.1. The van der Waals surface area contributed by atoms with Crippen LogP contribution in [0.5, 0.6) is 11.5 Å². The molecule has 23 heavy (non-hydrogen) atoms. The smallest absolute Gasteiger partial charge is 0.119 e. The Kier molecular flexibility index (Phi) is 6.90. The highest BCUT2D eigenvalue weighted by Gasteiger charge is 2.06. The van der Waals surface area contributed by atoms with Gasteiger partial charge in [-0.1, -0.05) is 13.8 Å². The predicted molar refractivity (Wildman–Crippen MR) is 88.8 cm³/mol. The third kappa shape index (κ3) is 6.71. The Bertz CT molecular complexity index is 541. The molecule has 6 nitrogen and oxygen atoms in total. The van der Waals surface area contributed by atoms with Crippen molar-refractivity contribution in [2.75, 3.05) is 19.8 Å². The maximum atomic E-state index is 9.80. The quantitative estimate of drug-likeness (QED) is 0.698. The lowest BCUT2D eigenvalue weighted by atomic mass is 10.3. The minimum atomic E-state index is -0.526. The highest BCUT2D eigenvalue weighted by Crippen LogP contribution is 2.17. The van der Waals surface area contributed by atoms with Crippen LogP contribution in [0.15, 0.2) is 42.7 Å². The normalized spacial score (nSPS) is 12.3. The van der Waals surface area contributed by atoms with E-state index in [4.69, 9.17) is 9.47 Å². The summed E-state index contributed by atoms with van der Waals surface area (Å²) in [5.41, 5.74) is 0. The molecule has 0 saturated carbocycles. The Morgan fingerprint density at radius 2 is 1.87 bits per heavy atom. The van der Waals surface area contributed by atoms with Crippen LogP contribution in [0.4, 0.5) is 0 Å². The van der Waals surface area contributed by atoms with Crippen molar-refractivity contribution in [1.29, 1.82) is 0 Å². The number of aliphatic hydroxyl groups is 1. The minimum absolute atomic E-state index is 0.263. The number of aromatic nitrogens is 2. The van der Waals surface area contributed by atoms with E-state index < -0.39 is 6.10 Å². The Morgan fingerprint density at radius 1 is 1.17 bits per heavy atom. The average molecular weight is 319 g/mol. The fraction of sp³-hybridized carbons (Fsp3) is 0.471. The molecular formula is C17H25N3O3. The van der Waals surface area contributed by atoms with Crippen LogP contribution < -0.4 is 14.8 Å². The molecule has 1 atom stereocenters. The van der Waals surface area contributed by atoms with Gasteiger partial charge in [-0.3, -0.25) is 4.68 Å². The summed E-state index contributed by atoms with van der Waals surface area (Å²) >= 11 is 0. The molecular weight excluding hydrogens is 294 g/mol. The number of hydrogen-bond acceptors (Lipinski definition) is 5. The molecule has 1 heterocycles. The van der Waals surface area contributed by atoms with E-state index in [2.05, 4.69) is 10.4 Å². The van der Waals surface area contributed by atoms with Gasteiger partial charge in [0.1, 0.15) is 30.8 Å². The molecule has 126 valence electrons. The summed E-state index contributed by atoms with van der Waals surface area (Å²) in [5.74, 6) is 1.50. The van der Waals surface area contributed by atoms with Crippen LogP contribution in [0.2, 0.25) is 0 Å². The number of ether oxygens (including phenoxy) is 2. The first-order valence-corrected chi connectivity index (χ1v) is 7.88. The molecule has 1 unspecified atom stereocenters. The van der Waals surface area contributed by atoms with E-state index in [1.807, 2.05) is 55.1 Å². The van der Waals surface area contributed by atoms with E-state index >= 15 is 0 Å². The summed E-state index contributed by atoms with van der Waals surface area (Å²) < 4.78 is 13.0. The molecule has 0 bridgehead atoms. The number of nitrogens with one attached hydrogen (secondary N) is 1. The third-order valence-corrected chi connectivity index (χ3v) is 3.18. The first-order valence-electron chi connectivity index (χ1n) is 7.88. The van der Waals surface area contributed by atoms with E-state index in [-0.39, 0.29) is 6.61 Å². The molecule has 1 aromatic carbocycles. The van der Waals surface area contributed by atoms with E-state index in [9.17, 15) is 5.11 Å². The van der Waals surface area contributed by atoms with Crippen LogP contribution in [-0.4, -0.2) is 46.8 Å². The van der Waals surface area contributed by atoms with Crippen molar-refractivity contribution in [3.63, 3.8) is 0 Å². The van der Waals surface area contributed by atoms with E-state index in [1.54, 1.807) is 6.20 Å². The molecule has 0 fully saturated rings. The van der Waals surface area contributed by atoms with Crippen LogP contribution in [0, 0.1) is 0 Å². The summed E-state index contributed by atoms with van der Waals surface area (Å²) in [4.78, 5) is 0. The monoisotopic (exact) mass is 319 g/mol. The van der Waals surface area contributed by atoms with E-state index in [1.165, 1.54) is 0 Å². The molecule has 1 aromatic heterocycles. The van der Waals surface area contributed by atoms with Gasteiger partial charge in [0, 0.05) is 25.0 Å². The van der Waals surface area contributed by atoms with Crippen LogP contribution in [0.3, 0.4) is 0 Å². The second-order valence-corrected chi connectivity index (χ2v) is 5.62. The molecule has 2 N–H and O–H groups in total.